The van der Waals surface area contributed by atoms with Crippen molar-refractivity contribution in [3.8, 4) is 11.5 Å². The Balaban J connectivity index is 1.76. The second-order valence-electron chi connectivity index (χ2n) is 6.05. The molecule has 0 atom stereocenters. The van der Waals surface area contributed by atoms with Gasteiger partial charge in [-0.1, -0.05) is 6.07 Å². The monoisotopic (exact) mass is 391 g/mol. The Morgan fingerprint density at radius 1 is 0.963 bits per heavy atom. The first-order chi connectivity index (χ1) is 13.1. The van der Waals surface area contributed by atoms with Crippen LogP contribution in [0.3, 0.4) is 0 Å². The molecule has 3 rings (SSSR count). The van der Waals surface area contributed by atoms with E-state index in [-0.39, 0.29) is 4.90 Å². The van der Waals surface area contributed by atoms with E-state index in [0.717, 1.165) is 5.82 Å². The molecule has 0 spiro atoms. The van der Waals surface area contributed by atoms with Crippen LogP contribution >= 0.6 is 0 Å². The van der Waals surface area contributed by atoms with Crippen molar-refractivity contribution in [1.82, 2.24) is 9.29 Å². The minimum atomic E-state index is -3.59. The zero-order valence-corrected chi connectivity index (χ0v) is 16.5. The van der Waals surface area contributed by atoms with E-state index < -0.39 is 10.0 Å². The molecule has 8 heteroatoms. The average Bonchev–Trinajstić information content (AvgIpc) is 2.70. The van der Waals surface area contributed by atoms with Gasteiger partial charge >= 0.3 is 0 Å². The zero-order valence-electron chi connectivity index (χ0n) is 15.7. The fourth-order valence-corrected chi connectivity index (χ4v) is 4.48. The van der Waals surface area contributed by atoms with Gasteiger partial charge in [0.05, 0.1) is 18.1 Å². The Hall–Kier alpha value is -2.32. The maximum atomic E-state index is 13.1. The van der Waals surface area contributed by atoms with Crippen LogP contribution in [0.15, 0.2) is 47.5 Å². The summed E-state index contributed by atoms with van der Waals surface area (Å²) in [5.41, 5.74) is 0. The lowest BCUT2D eigenvalue weighted by Crippen LogP contribution is -2.48. The van der Waals surface area contributed by atoms with Crippen LogP contribution in [-0.2, 0) is 10.0 Å². The fraction of sp³-hybridized carbons (Fsp3) is 0.421. The number of rotatable bonds is 7. The molecule has 0 bridgehead atoms. The summed E-state index contributed by atoms with van der Waals surface area (Å²) in [6.45, 7) is 6.69. The number of piperazine rings is 1. The van der Waals surface area contributed by atoms with Crippen molar-refractivity contribution in [2.45, 2.75) is 18.7 Å². The van der Waals surface area contributed by atoms with Crippen molar-refractivity contribution in [3.63, 3.8) is 0 Å². The standard InChI is InChI=1S/C19H25N3O4S/c1-3-25-17-9-8-16(15-18(17)26-4-2)27(23,24)22-13-11-21(12-14-22)19-7-5-6-10-20-19/h5-10,15H,3-4,11-14H2,1-2H3. The van der Waals surface area contributed by atoms with Crippen molar-refractivity contribution in [2.24, 2.45) is 0 Å². The van der Waals surface area contributed by atoms with Gasteiger partial charge in [-0.05, 0) is 38.1 Å². The summed E-state index contributed by atoms with van der Waals surface area (Å²) >= 11 is 0. The molecule has 0 N–H and O–H groups in total. The van der Waals surface area contributed by atoms with Crippen molar-refractivity contribution >= 4 is 15.8 Å². The Labute approximate surface area is 160 Å². The number of hydrogen-bond donors (Lipinski definition) is 0. The van der Waals surface area contributed by atoms with Crippen LogP contribution in [-0.4, -0.2) is 57.1 Å². The highest BCUT2D eigenvalue weighted by Gasteiger charge is 2.29. The summed E-state index contributed by atoms with van der Waals surface area (Å²) in [7, 11) is -3.59. The molecule has 0 unspecified atom stereocenters. The molecule has 2 heterocycles. The predicted octanol–water partition coefficient (Wildman–Crippen LogP) is 2.39. The van der Waals surface area contributed by atoms with E-state index in [2.05, 4.69) is 9.88 Å². The SMILES string of the molecule is CCOc1ccc(S(=O)(=O)N2CCN(c3ccccn3)CC2)cc1OCC. The molecule has 1 aliphatic heterocycles. The second kappa shape index (κ2) is 8.58. The van der Waals surface area contributed by atoms with E-state index in [1.54, 1.807) is 24.4 Å². The number of nitrogens with zero attached hydrogens (tertiary/aromatic N) is 3. The maximum absolute atomic E-state index is 13.1. The summed E-state index contributed by atoms with van der Waals surface area (Å²) in [6, 6.07) is 10.5. The average molecular weight is 391 g/mol. The largest absolute Gasteiger partial charge is 0.490 e. The van der Waals surface area contributed by atoms with Crippen LogP contribution in [0.1, 0.15) is 13.8 Å². The molecule has 1 saturated heterocycles. The second-order valence-corrected chi connectivity index (χ2v) is 7.99. The molecule has 1 aromatic carbocycles. The first-order valence-corrected chi connectivity index (χ1v) is 10.6. The van der Waals surface area contributed by atoms with Gasteiger partial charge in [0.1, 0.15) is 5.82 Å². The molecule has 27 heavy (non-hydrogen) atoms. The molecule has 7 nitrogen and oxygen atoms in total. The molecule has 0 saturated carbocycles. The van der Waals surface area contributed by atoms with Crippen molar-refractivity contribution < 1.29 is 17.9 Å². The Kier molecular flexibility index (Phi) is 6.18. The molecule has 0 radical (unpaired) electrons. The summed E-state index contributed by atoms with van der Waals surface area (Å²) in [5.74, 6) is 1.88. The number of hydrogen-bond acceptors (Lipinski definition) is 6. The van der Waals surface area contributed by atoms with Gasteiger partial charge in [0.2, 0.25) is 10.0 Å². The van der Waals surface area contributed by atoms with Gasteiger partial charge < -0.3 is 14.4 Å². The van der Waals surface area contributed by atoms with Gasteiger partial charge in [0.25, 0.3) is 0 Å². The lowest BCUT2D eigenvalue weighted by Gasteiger charge is -2.34. The van der Waals surface area contributed by atoms with Crippen LogP contribution in [0, 0.1) is 0 Å². The van der Waals surface area contributed by atoms with Gasteiger partial charge in [-0.2, -0.15) is 4.31 Å². The summed E-state index contributed by atoms with van der Waals surface area (Å²) in [5, 5.41) is 0. The lowest BCUT2D eigenvalue weighted by atomic mass is 10.3. The molecular weight excluding hydrogens is 366 g/mol. The predicted molar refractivity (Wildman–Crippen MR) is 104 cm³/mol. The highest BCUT2D eigenvalue weighted by molar-refractivity contribution is 7.89. The minimum absolute atomic E-state index is 0.223. The minimum Gasteiger partial charge on any atom is -0.490 e. The Morgan fingerprint density at radius 2 is 1.67 bits per heavy atom. The highest BCUT2D eigenvalue weighted by atomic mass is 32.2. The first-order valence-electron chi connectivity index (χ1n) is 9.12. The third-order valence-electron chi connectivity index (χ3n) is 4.36. The van der Waals surface area contributed by atoms with Gasteiger partial charge in [-0.15, -0.1) is 0 Å². The lowest BCUT2D eigenvalue weighted by molar-refractivity contribution is 0.287. The number of benzene rings is 1. The van der Waals surface area contributed by atoms with E-state index in [0.29, 0.717) is 50.9 Å². The maximum Gasteiger partial charge on any atom is 0.243 e. The normalized spacial score (nSPS) is 15.6. The van der Waals surface area contributed by atoms with E-state index in [9.17, 15) is 8.42 Å². The van der Waals surface area contributed by atoms with Crippen LogP contribution in [0.4, 0.5) is 5.82 Å². The number of pyridine rings is 1. The molecule has 1 fully saturated rings. The van der Waals surface area contributed by atoms with Crippen LogP contribution in [0.25, 0.3) is 0 Å². The molecule has 0 aliphatic carbocycles. The smallest absolute Gasteiger partial charge is 0.243 e. The molecular formula is C19H25N3O4S. The van der Waals surface area contributed by atoms with E-state index in [1.165, 1.54) is 4.31 Å². The van der Waals surface area contributed by atoms with Crippen molar-refractivity contribution in [2.75, 3.05) is 44.3 Å². The third-order valence-corrected chi connectivity index (χ3v) is 6.26. The Bertz CT molecular complexity index is 851. The summed E-state index contributed by atoms with van der Waals surface area (Å²) in [4.78, 5) is 6.65. The first kappa shape index (κ1) is 19.4. The van der Waals surface area contributed by atoms with Crippen LogP contribution in [0.2, 0.25) is 0 Å². The number of anilines is 1. The van der Waals surface area contributed by atoms with E-state index >= 15 is 0 Å². The molecule has 2 aromatic rings. The van der Waals surface area contributed by atoms with Crippen LogP contribution in [0.5, 0.6) is 11.5 Å². The van der Waals surface area contributed by atoms with E-state index in [1.807, 2.05) is 32.0 Å². The Morgan fingerprint density at radius 3 is 2.30 bits per heavy atom. The topological polar surface area (TPSA) is 72.0 Å². The molecule has 0 amide bonds. The quantitative estimate of drug-likeness (QED) is 0.722. The van der Waals surface area contributed by atoms with Gasteiger partial charge in [0, 0.05) is 38.4 Å². The van der Waals surface area contributed by atoms with E-state index in [4.69, 9.17) is 9.47 Å². The molecule has 1 aromatic heterocycles. The van der Waals surface area contributed by atoms with Crippen LogP contribution < -0.4 is 14.4 Å². The number of aromatic nitrogens is 1. The molecule has 1 aliphatic rings. The summed E-state index contributed by atoms with van der Waals surface area (Å²) in [6.07, 6.45) is 1.74. The third kappa shape index (κ3) is 4.33. The van der Waals surface area contributed by atoms with Gasteiger partial charge in [0.15, 0.2) is 11.5 Å². The molecule has 146 valence electrons. The number of ether oxygens (including phenoxy) is 2. The van der Waals surface area contributed by atoms with Crippen molar-refractivity contribution in [3.05, 3.63) is 42.6 Å². The summed E-state index contributed by atoms with van der Waals surface area (Å²) < 4.78 is 38.7. The highest BCUT2D eigenvalue weighted by Crippen LogP contribution is 2.31. The fourth-order valence-electron chi connectivity index (χ4n) is 3.04. The number of sulfonamides is 1. The zero-order chi connectivity index (χ0) is 19.3. The van der Waals surface area contributed by atoms with Crippen molar-refractivity contribution in [1.29, 1.82) is 0 Å². The van der Waals surface area contributed by atoms with Gasteiger partial charge in [-0.3, -0.25) is 0 Å². The van der Waals surface area contributed by atoms with Gasteiger partial charge in [-0.25, -0.2) is 13.4 Å².